The summed E-state index contributed by atoms with van der Waals surface area (Å²) < 4.78 is 12.6. The standard InChI is InChI=1S/C29H27N3O6/c1-2-37-26(34)23-22-24(32(30-23)20-7-8-21-17(15-20)9-14-38-21)25(33)31(16-28(22)10-11-28)19-5-3-18(4-6-19)29(12-13-29)27(35)36/h3-8,15H,2,9-14,16H2,1H3,(H,35,36). The lowest BCUT2D eigenvalue weighted by molar-refractivity contribution is -0.140. The topological polar surface area (TPSA) is 111 Å². The lowest BCUT2D eigenvalue weighted by atomic mass is 9.88. The molecule has 1 aromatic heterocycles. The van der Waals surface area contributed by atoms with Crippen molar-refractivity contribution in [1.82, 2.24) is 9.78 Å². The summed E-state index contributed by atoms with van der Waals surface area (Å²) >= 11 is 0. The third-order valence-electron chi connectivity index (χ3n) is 8.46. The number of carboxylic acids is 1. The van der Waals surface area contributed by atoms with E-state index in [0.717, 1.165) is 36.1 Å². The number of fused-ring (bicyclic) bond motifs is 3. The van der Waals surface area contributed by atoms with Crippen LogP contribution >= 0.6 is 0 Å². The summed E-state index contributed by atoms with van der Waals surface area (Å²) in [6, 6.07) is 13.0. The number of ether oxygens (including phenoxy) is 2. The average molecular weight is 514 g/mol. The van der Waals surface area contributed by atoms with E-state index < -0.39 is 17.4 Å². The van der Waals surface area contributed by atoms with Crippen molar-refractivity contribution in [2.24, 2.45) is 0 Å². The molecule has 9 nitrogen and oxygen atoms in total. The van der Waals surface area contributed by atoms with Crippen LogP contribution in [0.15, 0.2) is 42.5 Å². The number of nitrogens with zero attached hydrogens (tertiary/aromatic N) is 3. The molecule has 194 valence electrons. The second kappa shape index (κ2) is 7.93. The first-order chi connectivity index (χ1) is 18.4. The van der Waals surface area contributed by atoms with E-state index in [0.29, 0.717) is 48.6 Å². The first-order valence-corrected chi connectivity index (χ1v) is 13.1. The Labute approximate surface area is 219 Å². The van der Waals surface area contributed by atoms with Crippen molar-refractivity contribution < 1.29 is 29.0 Å². The quantitative estimate of drug-likeness (QED) is 0.499. The molecule has 0 unspecified atom stereocenters. The second-order valence-corrected chi connectivity index (χ2v) is 10.7. The van der Waals surface area contributed by atoms with Crippen molar-refractivity contribution in [3.8, 4) is 11.4 Å². The number of aromatic nitrogens is 2. The number of rotatable bonds is 6. The number of hydrogen-bond donors (Lipinski definition) is 1. The largest absolute Gasteiger partial charge is 0.493 e. The van der Waals surface area contributed by atoms with Crippen molar-refractivity contribution in [3.05, 3.63) is 70.5 Å². The van der Waals surface area contributed by atoms with E-state index in [2.05, 4.69) is 5.10 Å². The zero-order valence-electron chi connectivity index (χ0n) is 21.0. The van der Waals surface area contributed by atoms with Crippen LogP contribution in [0, 0.1) is 0 Å². The van der Waals surface area contributed by atoms with Gasteiger partial charge in [-0.05, 0) is 74.1 Å². The summed E-state index contributed by atoms with van der Waals surface area (Å²) in [5.74, 6) is -0.755. The van der Waals surface area contributed by atoms with Crippen molar-refractivity contribution in [2.75, 3.05) is 24.7 Å². The summed E-state index contributed by atoms with van der Waals surface area (Å²) in [6.07, 6.45) is 3.68. The smallest absolute Gasteiger partial charge is 0.359 e. The highest BCUT2D eigenvalue weighted by Gasteiger charge is 2.57. The molecular formula is C29H27N3O6. The fourth-order valence-electron chi connectivity index (χ4n) is 6.01. The highest BCUT2D eigenvalue weighted by Crippen LogP contribution is 2.55. The molecule has 0 bridgehead atoms. The van der Waals surface area contributed by atoms with Crippen LogP contribution in [-0.4, -0.2) is 52.5 Å². The van der Waals surface area contributed by atoms with Gasteiger partial charge in [0.05, 0.1) is 24.3 Å². The van der Waals surface area contributed by atoms with Gasteiger partial charge in [0.2, 0.25) is 0 Å². The molecule has 2 fully saturated rings. The van der Waals surface area contributed by atoms with Crippen molar-refractivity contribution >= 4 is 23.5 Å². The van der Waals surface area contributed by atoms with E-state index >= 15 is 0 Å². The second-order valence-electron chi connectivity index (χ2n) is 10.7. The van der Waals surface area contributed by atoms with Gasteiger partial charge in [0, 0.05) is 29.6 Å². The first-order valence-electron chi connectivity index (χ1n) is 13.1. The monoisotopic (exact) mass is 513 g/mol. The number of esters is 1. The third kappa shape index (κ3) is 3.23. The summed E-state index contributed by atoms with van der Waals surface area (Å²) in [4.78, 5) is 40.7. The Morgan fingerprint density at radius 1 is 1.08 bits per heavy atom. The van der Waals surface area contributed by atoms with E-state index in [4.69, 9.17) is 9.47 Å². The van der Waals surface area contributed by atoms with Gasteiger partial charge in [0.1, 0.15) is 11.4 Å². The number of carboxylic acid groups (broad SMARTS) is 1. The van der Waals surface area contributed by atoms with Crippen molar-refractivity contribution in [3.63, 3.8) is 0 Å². The molecule has 38 heavy (non-hydrogen) atoms. The minimum atomic E-state index is -0.809. The zero-order chi connectivity index (χ0) is 26.2. The molecule has 1 N–H and O–H groups in total. The Kier molecular flexibility index (Phi) is 4.80. The Morgan fingerprint density at radius 2 is 1.82 bits per heavy atom. The Morgan fingerprint density at radius 3 is 2.47 bits per heavy atom. The molecule has 9 heteroatoms. The average Bonchev–Trinajstić information content (AvgIpc) is 3.80. The van der Waals surface area contributed by atoms with Gasteiger partial charge in [0.15, 0.2) is 5.69 Å². The Hall–Kier alpha value is -4.14. The summed E-state index contributed by atoms with van der Waals surface area (Å²) in [7, 11) is 0. The van der Waals surface area contributed by atoms with Crippen LogP contribution in [0.3, 0.4) is 0 Å². The van der Waals surface area contributed by atoms with E-state index in [1.165, 1.54) is 0 Å². The van der Waals surface area contributed by atoms with Crippen LogP contribution in [0.1, 0.15) is 70.3 Å². The van der Waals surface area contributed by atoms with Gasteiger partial charge < -0.3 is 19.5 Å². The maximum atomic E-state index is 14.2. The van der Waals surface area contributed by atoms with Crippen LogP contribution in [0.25, 0.3) is 5.69 Å². The number of carbonyl (C=O) groups is 3. The predicted molar refractivity (Wildman–Crippen MR) is 136 cm³/mol. The molecular weight excluding hydrogens is 486 g/mol. The van der Waals surface area contributed by atoms with Crippen molar-refractivity contribution in [1.29, 1.82) is 0 Å². The molecule has 2 aliphatic carbocycles. The van der Waals surface area contributed by atoms with Gasteiger partial charge in [0.25, 0.3) is 5.91 Å². The normalized spacial score (nSPS) is 19.5. The number of carbonyl (C=O) groups excluding carboxylic acids is 2. The van der Waals surface area contributed by atoms with Crippen molar-refractivity contribution in [2.45, 2.75) is 49.9 Å². The predicted octanol–water partition coefficient (Wildman–Crippen LogP) is 3.79. The van der Waals surface area contributed by atoms with E-state index in [-0.39, 0.29) is 23.6 Å². The Balaban J connectivity index is 1.34. The molecule has 2 aromatic carbocycles. The SMILES string of the molecule is CCOC(=O)c1nn(-c2ccc3c(c2)CCO3)c2c1C1(CC1)CN(c1ccc(C3(C(=O)O)CC3)cc1)C2=O. The van der Waals surface area contributed by atoms with Gasteiger partial charge >= 0.3 is 11.9 Å². The lowest BCUT2D eigenvalue weighted by Gasteiger charge is -2.33. The maximum Gasteiger partial charge on any atom is 0.359 e. The van der Waals surface area contributed by atoms with Crippen LogP contribution in [0.2, 0.25) is 0 Å². The zero-order valence-corrected chi connectivity index (χ0v) is 21.0. The summed E-state index contributed by atoms with van der Waals surface area (Å²) in [5.41, 5.74) is 3.27. The summed E-state index contributed by atoms with van der Waals surface area (Å²) in [6.45, 7) is 3.01. The van der Waals surface area contributed by atoms with Crippen LogP contribution in [0.4, 0.5) is 5.69 Å². The highest BCUT2D eigenvalue weighted by atomic mass is 16.5. The molecule has 2 saturated carbocycles. The van der Waals surface area contributed by atoms with Gasteiger partial charge in [-0.25, -0.2) is 9.48 Å². The third-order valence-corrected chi connectivity index (χ3v) is 8.46. The van der Waals surface area contributed by atoms with E-state index in [9.17, 15) is 19.5 Å². The van der Waals surface area contributed by atoms with Crippen LogP contribution in [-0.2, 0) is 26.8 Å². The molecule has 7 rings (SSSR count). The number of anilines is 1. The van der Waals surface area contributed by atoms with Gasteiger partial charge in [-0.2, -0.15) is 5.10 Å². The molecule has 1 spiro atoms. The van der Waals surface area contributed by atoms with Crippen LogP contribution in [0.5, 0.6) is 5.75 Å². The number of hydrogen-bond acceptors (Lipinski definition) is 6. The van der Waals surface area contributed by atoms with Gasteiger partial charge in [-0.3, -0.25) is 9.59 Å². The number of benzene rings is 2. The Bertz CT molecular complexity index is 1510. The number of amides is 1. The number of aliphatic carboxylic acids is 1. The molecule has 3 heterocycles. The minimum absolute atomic E-state index is 0.205. The van der Waals surface area contributed by atoms with E-state index in [1.54, 1.807) is 16.5 Å². The lowest BCUT2D eigenvalue weighted by Crippen LogP contribution is -2.44. The van der Waals surface area contributed by atoms with Gasteiger partial charge in [-0.15, -0.1) is 0 Å². The molecule has 0 radical (unpaired) electrons. The maximum absolute atomic E-state index is 14.2. The fourth-order valence-corrected chi connectivity index (χ4v) is 6.01. The minimum Gasteiger partial charge on any atom is -0.493 e. The molecule has 3 aromatic rings. The molecule has 4 aliphatic rings. The molecule has 1 amide bonds. The summed E-state index contributed by atoms with van der Waals surface area (Å²) in [5, 5.41) is 14.3. The first kappa shape index (κ1) is 23.0. The highest BCUT2D eigenvalue weighted by molar-refractivity contribution is 6.10. The van der Waals surface area contributed by atoms with E-state index in [1.807, 2.05) is 42.5 Å². The fraction of sp³-hybridized carbons (Fsp3) is 0.379. The van der Waals surface area contributed by atoms with Crippen LogP contribution < -0.4 is 9.64 Å². The molecule has 2 aliphatic heterocycles. The molecule has 0 saturated heterocycles. The van der Waals surface area contributed by atoms with Gasteiger partial charge in [-0.1, -0.05) is 12.1 Å². The molecule has 0 atom stereocenters.